The van der Waals surface area contributed by atoms with Gasteiger partial charge in [0.1, 0.15) is 17.3 Å². The van der Waals surface area contributed by atoms with Gasteiger partial charge in [0.25, 0.3) is 5.91 Å². The molecule has 3 aromatic rings. The smallest absolute Gasteiger partial charge is 0.491 e. The van der Waals surface area contributed by atoms with Crippen LogP contribution in [0.1, 0.15) is 10.4 Å². The SMILES string of the molecule is COc1ccc(C(=O)NCCN(C)C)cc1Nc1cncc(-c2ccc(OC(=O)C(F)(F)F)cc2)n1. The highest BCUT2D eigenvalue weighted by molar-refractivity contribution is 5.95. The van der Waals surface area contributed by atoms with Gasteiger partial charge in [0, 0.05) is 24.2 Å². The molecule has 3 rings (SSSR count). The number of carbonyl (C=O) groups is 2. The second kappa shape index (κ2) is 11.5. The third-order valence-corrected chi connectivity index (χ3v) is 4.80. The van der Waals surface area contributed by atoms with Crippen LogP contribution in [0.2, 0.25) is 0 Å². The van der Waals surface area contributed by atoms with Gasteiger partial charge in [-0.05, 0) is 56.6 Å². The van der Waals surface area contributed by atoms with Crippen molar-refractivity contribution in [2.24, 2.45) is 0 Å². The minimum atomic E-state index is -5.09. The van der Waals surface area contributed by atoms with Crippen LogP contribution in [0.4, 0.5) is 24.7 Å². The maximum atomic E-state index is 12.5. The maximum absolute atomic E-state index is 12.5. The second-order valence-electron chi connectivity index (χ2n) is 7.80. The Morgan fingerprint density at radius 3 is 2.42 bits per heavy atom. The largest absolute Gasteiger partial charge is 0.495 e. The van der Waals surface area contributed by atoms with E-state index in [1.807, 2.05) is 19.0 Å². The van der Waals surface area contributed by atoms with Crippen LogP contribution in [-0.2, 0) is 4.79 Å². The van der Waals surface area contributed by atoms with Gasteiger partial charge in [0.15, 0.2) is 0 Å². The van der Waals surface area contributed by atoms with Crippen LogP contribution >= 0.6 is 0 Å². The van der Waals surface area contributed by atoms with Crippen molar-refractivity contribution in [1.29, 1.82) is 0 Å². The highest BCUT2D eigenvalue weighted by Crippen LogP contribution is 2.29. The number of benzene rings is 2. The third kappa shape index (κ3) is 7.15. The fourth-order valence-corrected chi connectivity index (χ4v) is 3.00. The predicted molar refractivity (Wildman–Crippen MR) is 126 cm³/mol. The van der Waals surface area contributed by atoms with Crippen LogP contribution in [-0.4, -0.2) is 67.2 Å². The first-order chi connectivity index (χ1) is 17.1. The minimum absolute atomic E-state index is 0.242. The summed E-state index contributed by atoms with van der Waals surface area (Å²) in [5.41, 5.74) is 1.84. The lowest BCUT2D eigenvalue weighted by atomic mass is 10.1. The molecule has 0 aliphatic rings. The Labute approximate surface area is 205 Å². The number of anilines is 2. The molecule has 0 fully saturated rings. The van der Waals surface area contributed by atoms with Gasteiger partial charge in [0.2, 0.25) is 0 Å². The molecule has 0 unspecified atom stereocenters. The molecule has 0 atom stereocenters. The van der Waals surface area contributed by atoms with Crippen molar-refractivity contribution in [1.82, 2.24) is 20.2 Å². The first-order valence-corrected chi connectivity index (χ1v) is 10.7. The lowest BCUT2D eigenvalue weighted by Crippen LogP contribution is -2.31. The van der Waals surface area contributed by atoms with E-state index in [-0.39, 0.29) is 11.7 Å². The zero-order valence-corrected chi connectivity index (χ0v) is 19.7. The number of alkyl halides is 3. The van der Waals surface area contributed by atoms with Gasteiger partial charge in [-0.25, -0.2) is 9.78 Å². The molecule has 0 spiro atoms. The molecule has 190 valence electrons. The highest BCUT2D eigenvalue weighted by atomic mass is 19.4. The van der Waals surface area contributed by atoms with E-state index in [4.69, 9.17) is 4.74 Å². The summed E-state index contributed by atoms with van der Waals surface area (Å²) in [5.74, 6) is -1.99. The van der Waals surface area contributed by atoms with Gasteiger partial charge >= 0.3 is 12.1 Å². The van der Waals surface area contributed by atoms with E-state index in [2.05, 4.69) is 25.3 Å². The van der Waals surface area contributed by atoms with Crippen LogP contribution in [0, 0.1) is 0 Å². The number of nitrogens with one attached hydrogen (secondary N) is 2. The second-order valence-corrected chi connectivity index (χ2v) is 7.80. The lowest BCUT2D eigenvalue weighted by molar-refractivity contribution is -0.189. The van der Waals surface area contributed by atoms with Crippen molar-refractivity contribution in [3.05, 3.63) is 60.4 Å². The summed E-state index contributed by atoms with van der Waals surface area (Å²) in [7, 11) is 5.31. The molecule has 9 nitrogen and oxygen atoms in total. The Kier molecular flexibility index (Phi) is 8.43. The van der Waals surface area contributed by atoms with Crippen LogP contribution in [0.15, 0.2) is 54.9 Å². The summed E-state index contributed by atoms with van der Waals surface area (Å²) in [6.45, 7) is 1.18. The summed E-state index contributed by atoms with van der Waals surface area (Å²) in [6, 6.07) is 10.3. The lowest BCUT2D eigenvalue weighted by Gasteiger charge is -2.14. The zero-order valence-electron chi connectivity index (χ0n) is 19.7. The van der Waals surface area contributed by atoms with E-state index in [0.717, 1.165) is 0 Å². The monoisotopic (exact) mass is 503 g/mol. The van der Waals surface area contributed by atoms with Crippen molar-refractivity contribution in [3.8, 4) is 22.8 Å². The minimum Gasteiger partial charge on any atom is -0.495 e. The summed E-state index contributed by atoms with van der Waals surface area (Å²) < 4.78 is 46.8. The Balaban J connectivity index is 1.76. The normalized spacial score (nSPS) is 11.2. The predicted octanol–water partition coefficient (Wildman–Crippen LogP) is 3.65. The van der Waals surface area contributed by atoms with Gasteiger partial charge < -0.3 is 25.0 Å². The number of amides is 1. The van der Waals surface area contributed by atoms with Gasteiger partial charge in [-0.1, -0.05) is 0 Å². The average molecular weight is 503 g/mol. The van der Waals surface area contributed by atoms with Crippen LogP contribution in [0.25, 0.3) is 11.3 Å². The van der Waals surface area contributed by atoms with Crippen molar-refractivity contribution < 1.29 is 32.2 Å². The van der Waals surface area contributed by atoms with Crippen LogP contribution in [0.3, 0.4) is 0 Å². The number of hydrogen-bond acceptors (Lipinski definition) is 8. The number of aromatic nitrogens is 2. The molecule has 0 aliphatic heterocycles. The quantitative estimate of drug-likeness (QED) is 0.337. The number of methoxy groups -OCH3 is 1. The molecule has 1 amide bonds. The maximum Gasteiger partial charge on any atom is 0.491 e. The molecule has 12 heteroatoms. The Hall–Kier alpha value is -4.19. The van der Waals surface area contributed by atoms with E-state index in [1.165, 1.54) is 43.8 Å². The molecular weight excluding hydrogens is 479 g/mol. The fourth-order valence-electron chi connectivity index (χ4n) is 3.00. The number of halogens is 3. The molecule has 0 saturated heterocycles. The molecule has 0 bridgehead atoms. The molecule has 0 aliphatic carbocycles. The summed E-state index contributed by atoms with van der Waals surface area (Å²) in [5, 5.41) is 5.92. The number of likely N-dealkylation sites (N-methyl/N-ethyl adjacent to an activating group) is 1. The third-order valence-electron chi connectivity index (χ3n) is 4.80. The topological polar surface area (TPSA) is 106 Å². The van der Waals surface area contributed by atoms with Gasteiger partial charge in [-0.3, -0.25) is 9.78 Å². The van der Waals surface area contributed by atoms with Gasteiger partial charge in [0.05, 0.1) is 30.9 Å². The van der Waals surface area contributed by atoms with E-state index in [0.29, 0.717) is 47.2 Å². The van der Waals surface area contributed by atoms with Crippen molar-refractivity contribution >= 4 is 23.4 Å². The first-order valence-electron chi connectivity index (χ1n) is 10.7. The Morgan fingerprint density at radius 2 is 1.78 bits per heavy atom. The number of hydrogen-bond donors (Lipinski definition) is 2. The number of nitrogens with zero attached hydrogens (tertiary/aromatic N) is 3. The average Bonchev–Trinajstić information content (AvgIpc) is 2.83. The molecule has 0 saturated carbocycles. The van der Waals surface area contributed by atoms with Crippen molar-refractivity contribution in [2.45, 2.75) is 6.18 Å². The summed E-state index contributed by atoms with van der Waals surface area (Å²) in [4.78, 5) is 34.1. The van der Waals surface area contributed by atoms with Gasteiger partial charge in [-0.2, -0.15) is 13.2 Å². The highest BCUT2D eigenvalue weighted by Gasteiger charge is 2.41. The summed E-state index contributed by atoms with van der Waals surface area (Å²) >= 11 is 0. The zero-order chi connectivity index (χ0) is 26.3. The molecule has 2 N–H and O–H groups in total. The van der Waals surface area contributed by atoms with Crippen LogP contribution < -0.4 is 20.1 Å². The summed E-state index contributed by atoms with van der Waals surface area (Å²) in [6.07, 6.45) is -2.16. The molecule has 1 heterocycles. The molecule has 36 heavy (non-hydrogen) atoms. The first kappa shape index (κ1) is 26.4. The molecule has 0 radical (unpaired) electrons. The molecular formula is C24H24F3N5O4. The number of ether oxygens (including phenoxy) is 2. The van der Waals surface area contributed by atoms with E-state index >= 15 is 0 Å². The molecule has 1 aromatic heterocycles. The van der Waals surface area contributed by atoms with Gasteiger partial charge in [-0.15, -0.1) is 0 Å². The van der Waals surface area contributed by atoms with Crippen molar-refractivity contribution in [2.75, 3.05) is 39.6 Å². The van der Waals surface area contributed by atoms with E-state index in [9.17, 15) is 22.8 Å². The fraction of sp³-hybridized carbons (Fsp3) is 0.250. The van der Waals surface area contributed by atoms with E-state index < -0.39 is 12.1 Å². The Morgan fingerprint density at radius 1 is 1.06 bits per heavy atom. The van der Waals surface area contributed by atoms with E-state index in [1.54, 1.807) is 18.2 Å². The van der Waals surface area contributed by atoms with Crippen molar-refractivity contribution in [3.63, 3.8) is 0 Å². The standard InChI is InChI=1S/C24H24F3N5O4/c1-32(2)11-10-29-22(33)16-6-9-20(35-3)18(12-16)30-21-14-28-13-19(31-21)15-4-7-17(8-5-15)36-23(34)24(25,26)27/h4-9,12-14H,10-11H2,1-3H3,(H,29,33)(H,30,31). The Bertz CT molecular complexity index is 1220. The number of carbonyl (C=O) groups excluding carboxylic acids is 2. The number of rotatable bonds is 9. The van der Waals surface area contributed by atoms with Crippen LogP contribution in [0.5, 0.6) is 11.5 Å². The molecule has 2 aromatic carbocycles. The number of esters is 1.